The van der Waals surface area contributed by atoms with Crippen LogP contribution in [0, 0.1) is 5.92 Å². The molecule has 1 atom stereocenters. The highest BCUT2D eigenvalue weighted by molar-refractivity contribution is 9.12. The highest BCUT2D eigenvalue weighted by atomic mass is 79.9. The van der Waals surface area contributed by atoms with E-state index >= 15 is 0 Å². The van der Waals surface area contributed by atoms with E-state index in [1.165, 1.54) is 6.42 Å². The quantitative estimate of drug-likeness (QED) is 0.585. The second kappa shape index (κ2) is 7.56. The molecule has 0 aliphatic heterocycles. The molecule has 1 nitrogen and oxygen atoms in total. The number of alkyl halides is 2. The lowest BCUT2D eigenvalue weighted by Gasteiger charge is -2.08. The molecule has 0 radical (unpaired) electrons. The van der Waals surface area contributed by atoms with Crippen molar-refractivity contribution >= 4 is 31.9 Å². The average Bonchev–Trinajstić information content (AvgIpc) is 1.97. The van der Waals surface area contributed by atoms with Crippen molar-refractivity contribution in [3.05, 3.63) is 0 Å². The first-order chi connectivity index (χ1) is 5.16. The van der Waals surface area contributed by atoms with Gasteiger partial charge in [0.15, 0.2) is 0 Å². The molecular weight excluding hydrogens is 270 g/mol. The molecule has 0 spiro atoms. The van der Waals surface area contributed by atoms with Crippen molar-refractivity contribution in [3.8, 4) is 0 Å². The van der Waals surface area contributed by atoms with Crippen molar-refractivity contribution in [1.82, 2.24) is 5.32 Å². The van der Waals surface area contributed by atoms with Crippen LogP contribution >= 0.6 is 31.9 Å². The van der Waals surface area contributed by atoms with Crippen LogP contribution in [-0.2, 0) is 0 Å². The van der Waals surface area contributed by atoms with Gasteiger partial charge in [0, 0.05) is 16.7 Å². The summed E-state index contributed by atoms with van der Waals surface area (Å²) in [6, 6.07) is 0. The fourth-order valence-electron chi connectivity index (χ4n) is 0.704. The highest BCUT2D eigenvalue weighted by Gasteiger charge is 2.00. The summed E-state index contributed by atoms with van der Waals surface area (Å²) in [6.07, 6.45) is 1.27. The van der Waals surface area contributed by atoms with Crippen LogP contribution < -0.4 is 5.32 Å². The fraction of sp³-hybridized carbons (Fsp3) is 1.00. The van der Waals surface area contributed by atoms with Gasteiger partial charge in [-0.15, -0.1) is 0 Å². The van der Waals surface area contributed by atoms with Crippen LogP contribution in [0.15, 0.2) is 0 Å². The summed E-state index contributed by atoms with van der Waals surface area (Å²) in [5.74, 6) is 0.806. The van der Waals surface area contributed by atoms with Gasteiger partial charge >= 0.3 is 0 Å². The molecule has 0 bridgehead atoms. The molecule has 11 heavy (non-hydrogen) atoms. The molecule has 0 aliphatic rings. The maximum absolute atomic E-state index is 3.53. The molecule has 0 rings (SSSR count). The lowest BCUT2D eigenvalue weighted by molar-refractivity contribution is 0.540. The highest BCUT2D eigenvalue weighted by Crippen LogP contribution is 2.02. The topological polar surface area (TPSA) is 12.0 Å². The third kappa shape index (κ3) is 8.83. The van der Waals surface area contributed by atoms with Crippen LogP contribution in [0.2, 0.25) is 0 Å². The standard InChI is InChI=1S/C8H17Br2N/c1-7(2)3-4-11-6-8(10)5-9/h7-8,11H,3-6H2,1-2H3/t8-/m1/s1. The monoisotopic (exact) mass is 285 g/mol. The van der Waals surface area contributed by atoms with E-state index in [1.807, 2.05) is 0 Å². The van der Waals surface area contributed by atoms with Gasteiger partial charge in [-0.1, -0.05) is 45.7 Å². The Bertz CT molecular complexity index is 86.2. The maximum atomic E-state index is 3.53. The Kier molecular flexibility index (Phi) is 8.20. The van der Waals surface area contributed by atoms with Crippen LogP contribution in [0.5, 0.6) is 0 Å². The molecule has 1 N–H and O–H groups in total. The first kappa shape index (κ1) is 11.9. The molecule has 0 saturated heterocycles. The molecule has 0 aromatic carbocycles. The van der Waals surface area contributed by atoms with Crippen molar-refractivity contribution in [2.24, 2.45) is 5.92 Å². The summed E-state index contributed by atoms with van der Waals surface area (Å²) >= 11 is 6.94. The number of rotatable bonds is 6. The molecule has 0 unspecified atom stereocenters. The summed E-state index contributed by atoms with van der Waals surface area (Å²) in [7, 11) is 0. The van der Waals surface area contributed by atoms with Crippen molar-refractivity contribution < 1.29 is 0 Å². The Hall–Kier alpha value is 0.920. The van der Waals surface area contributed by atoms with E-state index in [-0.39, 0.29) is 0 Å². The zero-order valence-electron chi connectivity index (χ0n) is 7.24. The maximum Gasteiger partial charge on any atom is 0.0367 e. The second-order valence-corrected chi connectivity index (χ2v) is 5.08. The molecule has 0 aromatic rings. The molecule has 0 heterocycles. The summed E-state index contributed by atoms with van der Waals surface area (Å²) in [5.41, 5.74) is 0. The predicted molar refractivity (Wildman–Crippen MR) is 58.8 cm³/mol. The number of hydrogen-bond donors (Lipinski definition) is 1. The van der Waals surface area contributed by atoms with Crippen LogP contribution in [0.3, 0.4) is 0 Å². The average molecular weight is 287 g/mol. The van der Waals surface area contributed by atoms with Crippen molar-refractivity contribution in [2.75, 3.05) is 18.4 Å². The molecule has 0 saturated carbocycles. The Morgan fingerprint density at radius 1 is 1.36 bits per heavy atom. The van der Waals surface area contributed by atoms with E-state index in [9.17, 15) is 0 Å². The van der Waals surface area contributed by atoms with Crippen molar-refractivity contribution in [2.45, 2.75) is 25.1 Å². The fourth-order valence-corrected chi connectivity index (χ4v) is 1.16. The van der Waals surface area contributed by atoms with Crippen LogP contribution in [-0.4, -0.2) is 23.2 Å². The summed E-state index contributed by atoms with van der Waals surface area (Å²) in [4.78, 5) is 0.565. The van der Waals surface area contributed by atoms with Crippen LogP contribution in [0.1, 0.15) is 20.3 Å². The minimum Gasteiger partial charge on any atom is -0.316 e. The minimum absolute atomic E-state index is 0.565. The minimum atomic E-state index is 0.565. The van der Waals surface area contributed by atoms with Crippen LogP contribution in [0.25, 0.3) is 0 Å². The molecule has 0 amide bonds. The van der Waals surface area contributed by atoms with E-state index < -0.39 is 0 Å². The van der Waals surface area contributed by atoms with Gasteiger partial charge in [-0.2, -0.15) is 0 Å². The molecular formula is C8H17Br2N. The molecule has 0 fully saturated rings. The number of halogens is 2. The van der Waals surface area contributed by atoms with Gasteiger partial charge in [-0.3, -0.25) is 0 Å². The Morgan fingerprint density at radius 3 is 2.45 bits per heavy atom. The Labute approximate surface area is 86.6 Å². The molecule has 0 aromatic heterocycles. The van der Waals surface area contributed by atoms with Gasteiger partial charge in [0.1, 0.15) is 0 Å². The van der Waals surface area contributed by atoms with Gasteiger partial charge in [-0.25, -0.2) is 0 Å². The third-order valence-corrected chi connectivity index (χ3v) is 3.73. The summed E-state index contributed by atoms with van der Waals surface area (Å²) < 4.78 is 0. The molecule has 3 heteroatoms. The normalized spacial score (nSPS) is 13.9. The molecule has 68 valence electrons. The van der Waals surface area contributed by atoms with E-state index in [0.29, 0.717) is 4.83 Å². The Balaban J connectivity index is 3.01. The summed E-state index contributed by atoms with van der Waals surface area (Å²) in [5, 5.41) is 4.41. The lowest BCUT2D eigenvalue weighted by Crippen LogP contribution is -2.25. The first-order valence-electron chi connectivity index (χ1n) is 4.07. The number of nitrogens with one attached hydrogen (secondary N) is 1. The molecule has 0 aliphatic carbocycles. The zero-order chi connectivity index (χ0) is 8.69. The second-order valence-electron chi connectivity index (χ2n) is 3.14. The lowest BCUT2D eigenvalue weighted by atomic mass is 10.1. The van der Waals surface area contributed by atoms with E-state index in [2.05, 4.69) is 51.0 Å². The van der Waals surface area contributed by atoms with Gasteiger partial charge in [0.05, 0.1) is 0 Å². The SMILES string of the molecule is CC(C)CCNC[C@H](Br)CBr. The predicted octanol–water partition coefficient (Wildman–Crippen LogP) is 2.78. The van der Waals surface area contributed by atoms with E-state index in [4.69, 9.17) is 0 Å². The van der Waals surface area contributed by atoms with Gasteiger partial charge in [0.25, 0.3) is 0 Å². The van der Waals surface area contributed by atoms with Crippen molar-refractivity contribution in [3.63, 3.8) is 0 Å². The zero-order valence-corrected chi connectivity index (χ0v) is 10.4. The largest absolute Gasteiger partial charge is 0.316 e. The number of hydrogen-bond acceptors (Lipinski definition) is 1. The smallest absolute Gasteiger partial charge is 0.0367 e. The van der Waals surface area contributed by atoms with Crippen molar-refractivity contribution in [1.29, 1.82) is 0 Å². The Morgan fingerprint density at radius 2 is 2.00 bits per heavy atom. The van der Waals surface area contributed by atoms with Crippen LogP contribution in [0.4, 0.5) is 0 Å². The van der Waals surface area contributed by atoms with Gasteiger partial charge in [0.2, 0.25) is 0 Å². The van der Waals surface area contributed by atoms with E-state index in [0.717, 1.165) is 24.3 Å². The van der Waals surface area contributed by atoms with Gasteiger partial charge in [-0.05, 0) is 18.9 Å². The third-order valence-electron chi connectivity index (χ3n) is 1.43. The van der Waals surface area contributed by atoms with E-state index in [1.54, 1.807) is 0 Å². The van der Waals surface area contributed by atoms with Gasteiger partial charge < -0.3 is 5.32 Å². The summed E-state index contributed by atoms with van der Waals surface area (Å²) in [6.45, 7) is 6.68. The first-order valence-corrected chi connectivity index (χ1v) is 6.11.